The van der Waals surface area contributed by atoms with Gasteiger partial charge in [0.25, 0.3) is 0 Å². The van der Waals surface area contributed by atoms with Crippen molar-refractivity contribution in [3.05, 3.63) is 0 Å². The molecule has 0 N–H and O–H groups in total. The van der Waals surface area contributed by atoms with Crippen molar-refractivity contribution >= 4 is 5.97 Å². The highest BCUT2D eigenvalue weighted by molar-refractivity contribution is 5.69. The van der Waals surface area contributed by atoms with Crippen LogP contribution in [0.1, 0.15) is 116 Å². The zero-order valence-electron chi connectivity index (χ0n) is 33.0. The molecule has 0 aromatic carbocycles. The van der Waals surface area contributed by atoms with Gasteiger partial charge in [-0.25, -0.2) is 0 Å². The van der Waals surface area contributed by atoms with Gasteiger partial charge < -0.3 is 4.74 Å². The Morgan fingerprint density at radius 3 is 0.877 bits per heavy atom. The van der Waals surface area contributed by atoms with Gasteiger partial charge in [0.15, 0.2) is 0 Å². The first-order chi connectivity index (χ1) is 28.7. The van der Waals surface area contributed by atoms with Crippen molar-refractivity contribution in [1.29, 1.82) is 0 Å². The summed E-state index contributed by atoms with van der Waals surface area (Å²) < 4.78 is 401. The number of carbonyl (C=O) groups is 1. The van der Waals surface area contributed by atoms with Gasteiger partial charge in [-0.2, -0.15) is 127 Å². The normalized spacial score (nSPS) is 15.5. The van der Waals surface area contributed by atoms with E-state index in [1.54, 1.807) is 0 Å². The van der Waals surface area contributed by atoms with Gasteiger partial charge in [0.2, 0.25) is 0 Å². The second kappa shape index (κ2) is 21.0. The molecule has 0 aromatic heterocycles. The van der Waals surface area contributed by atoms with Gasteiger partial charge in [-0.15, -0.1) is 0 Å². The lowest BCUT2D eigenvalue weighted by Gasteiger charge is -2.44. The van der Waals surface area contributed by atoms with Crippen LogP contribution in [0.5, 0.6) is 0 Å². The van der Waals surface area contributed by atoms with Crippen LogP contribution in [0, 0.1) is 0 Å². The first-order valence-corrected chi connectivity index (χ1v) is 18.8. The summed E-state index contributed by atoms with van der Waals surface area (Å²) in [4.78, 5) is 11.7. The number of hydrogen-bond donors (Lipinski definition) is 0. The van der Waals surface area contributed by atoms with E-state index >= 15 is 0 Å². The molecule has 31 heteroatoms. The van der Waals surface area contributed by atoms with Crippen molar-refractivity contribution in [2.45, 2.75) is 199 Å². The number of ether oxygens (including phenoxy) is 1. The fraction of sp³-hybridized carbons (Fsp3) is 0.971. The van der Waals surface area contributed by atoms with Crippen LogP contribution in [-0.4, -0.2) is 95.7 Å². The minimum atomic E-state index is -9.30. The van der Waals surface area contributed by atoms with Crippen molar-refractivity contribution in [3.8, 4) is 0 Å². The molecule has 2 nitrogen and oxygen atoms in total. The van der Waals surface area contributed by atoms with Crippen molar-refractivity contribution < 1.29 is 137 Å². The molecule has 0 fully saturated rings. The molecule has 0 radical (unpaired) electrons. The fourth-order valence-electron chi connectivity index (χ4n) is 5.50. The lowest BCUT2D eigenvalue weighted by molar-refractivity contribution is -0.474. The lowest BCUT2D eigenvalue weighted by atomic mass is 9.85. The Kier molecular flexibility index (Phi) is 20.1. The number of hydrogen-bond acceptors (Lipinski definition) is 2. The van der Waals surface area contributed by atoms with Crippen molar-refractivity contribution in [3.63, 3.8) is 0 Å². The number of unbranched alkanes of at least 4 members (excludes halogenated alkanes) is 11. The van der Waals surface area contributed by atoms with E-state index in [1.165, 1.54) is 0 Å². The Labute approximate surface area is 349 Å². The van der Waals surface area contributed by atoms with Gasteiger partial charge in [0.05, 0.1) is 13.0 Å². The van der Waals surface area contributed by atoms with Gasteiger partial charge in [-0.05, 0) is 19.3 Å². The summed E-state index contributed by atoms with van der Waals surface area (Å²) in [5.41, 5.74) is 0. The molecule has 0 aliphatic carbocycles. The number of esters is 1. The first-order valence-electron chi connectivity index (χ1n) is 18.8. The van der Waals surface area contributed by atoms with E-state index < -0.39 is 160 Å². The summed E-state index contributed by atoms with van der Waals surface area (Å²) in [5.74, 6) is -105. The lowest BCUT2D eigenvalue weighted by Crippen LogP contribution is -2.76. The smallest absolute Gasteiger partial charge is 0.460 e. The van der Waals surface area contributed by atoms with Crippen LogP contribution in [0.4, 0.5) is 127 Å². The minimum absolute atomic E-state index is 0.112. The van der Waals surface area contributed by atoms with E-state index in [0.717, 1.165) is 19.3 Å². The monoisotopic (exact) mass is 1030 g/mol. The van der Waals surface area contributed by atoms with Crippen molar-refractivity contribution in [2.24, 2.45) is 0 Å². The molecule has 65 heavy (non-hydrogen) atoms. The molecule has 0 aliphatic heterocycles. The Morgan fingerprint density at radius 1 is 0.308 bits per heavy atom. The van der Waals surface area contributed by atoms with Crippen LogP contribution < -0.4 is 0 Å². The summed E-state index contributed by atoms with van der Waals surface area (Å²) in [6.07, 6.45) is -18.1. The van der Waals surface area contributed by atoms with Gasteiger partial charge in [0, 0.05) is 19.3 Å². The van der Waals surface area contributed by atoms with Crippen LogP contribution in [0.2, 0.25) is 0 Å². The molecule has 0 spiro atoms. The van der Waals surface area contributed by atoms with E-state index in [0.29, 0.717) is 12.8 Å². The quantitative estimate of drug-likeness (QED) is 0.0393. The highest BCUT2D eigenvalue weighted by Gasteiger charge is 2.97. The third kappa shape index (κ3) is 12.0. The Balaban J connectivity index is 5.39. The highest BCUT2D eigenvalue weighted by atomic mass is 19.4. The topological polar surface area (TPSA) is 26.3 Å². The summed E-state index contributed by atoms with van der Waals surface area (Å²) in [5, 5.41) is 0. The SMILES string of the molecule is CCCCCCCCCCC(F)(F)C(F)(F)C(F)(F)C(F)(F)CCC(=O)OCCCCCCCC(F)(F)C(F)(F)C(F)(F)C(F)(F)C(F)(F)C(F)(F)C(F)(F)C(F)(F)C(F)(F)C(F)(F)F. The van der Waals surface area contributed by atoms with E-state index in [2.05, 4.69) is 4.74 Å². The molecule has 0 heterocycles. The standard InChI is InChI=1S/C34H39F29O2/c1-2-3-4-5-6-7-9-12-16-21(35,36)24(41,42)25(43,44)23(39,40)18-15-20(64)65-19-14-11-8-10-13-17-22(37,38)26(45,46)27(47,48)28(49,50)29(51,52)30(53,54)31(55,56)32(57,58)33(59,60)34(61,62)63/h2-19H2,1H3. The molecule has 0 rings (SSSR count). The molecule has 390 valence electrons. The predicted molar refractivity (Wildman–Crippen MR) is 165 cm³/mol. The Morgan fingerprint density at radius 2 is 0.554 bits per heavy atom. The van der Waals surface area contributed by atoms with Crippen LogP contribution >= 0.6 is 0 Å². The van der Waals surface area contributed by atoms with Gasteiger partial charge in [-0.1, -0.05) is 71.1 Å². The summed E-state index contributed by atoms with van der Waals surface area (Å²) in [6.45, 7) is 0.968. The largest absolute Gasteiger partial charge is 0.466 e. The van der Waals surface area contributed by atoms with E-state index in [9.17, 15) is 132 Å². The Bertz CT molecular complexity index is 1490. The summed E-state index contributed by atoms with van der Waals surface area (Å²) in [7, 11) is 0. The third-order valence-corrected chi connectivity index (χ3v) is 9.77. The number of alkyl halides is 29. The van der Waals surface area contributed by atoms with Crippen LogP contribution in [0.15, 0.2) is 0 Å². The van der Waals surface area contributed by atoms with Crippen LogP contribution in [-0.2, 0) is 9.53 Å². The molecule has 0 amide bonds. The molecule has 0 aliphatic rings. The van der Waals surface area contributed by atoms with E-state index in [-0.39, 0.29) is 12.8 Å². The molecule has 0 saturated carbocycles. The molecule has 0 aromatic rings. The van der Waals surface area contributed by atoms with E-state index in [1.807, 2.05) is 6.92 Å². The zero-order valence-corrected chi connectivity index (χ0v) is 33.0. The van der Waals surface area contributed by atoms with E-state index in [4.69, 9.17) is 0 Å². The zero-order chi connectivity index (χ0) is 52.0. The molecular weight excluding hydrogens is 991 g/mol. The number of halogens is 29. The summed E-state index contributed by atoms with van der Waals surface area (Å²) in [6, 6.07) is 0. The molecule has 0 atom stereocenters. The van der Waals surface area contributed by atoms with Crippen molar-refractivity contribution in [2.75, 3.05) is 6.61 Å². The molecule has 0 bridgehead atoms. The van der Waals surface area contributed by atoms with Gasteiger partial charge >= 0.3 is 89.1 Å². The van der Waals surface area contributed by atoms with Crippen LogP contribution in [0.3, 0.4) is 0 Å². The fourth-order valence-corrected chi connectivity index (χ4v) is 5.50. The third-order valence-electron chi connectivity index (χ3n) is 9.77. The molecule has 0 saturated heterocycles. The average Bonchev–Trinajstić information content (AvgIpc) is 3.14. The number of carbonyl (C=O) groups excluding carboxylic acids is 1. The molecular formula is C34H39F29O2. The maximum atomic E-state index is 14.2. The minimum Gasteiger partial charge on any atom is -0.466 e. The maximum Gasteiger partial charge on any atom is 0.460 e. The number of rotatable bonds is 31. The average molecular weight is 1030 g/mol. The Hall–Kier alpha value is -2.56. The maximum absolute atomic E-state index is 14.2. The van der Waals surface area contributed by atoms with Gasteiger partial charge in [-0.3, -0.25) is 4.79 Å². The van der Waals surface area contributed by atoms with Crippen LogP contribution in [0.25, 0.3) is 0 Å². The van der Waals surface area contributed by atoms with Crippen molar-refractivity contribution in [1.82, 2.24) is 0 Å². The highest BCUT2D eigenvalue weighted by Crippen LogP contribution is 2.66. The molecule has 0 unspecified atom stereocenters. The first kappa shape index (κ1) is 62.4. The van der Waals surface area contributed by atoms with Gasteiger partial charge in [0.1, 0.15) is 0 Å². The predicted octanol–water partition coefficient (Wildman–Crippen LogP) is 16.0. The second-order valence-corrected chi connectivity index (χ2v) is 14.8. The second-order valence-electron chi connectivity index (χ2n) is 14.8. The summed E-state index contributed by atoms with van der Waals surface area (Å²) >= 11 is 0.